The second-order valence-electron chi connectivity index (χ2n) is 6.91. The molecule has 3 rings (SSSR count). The van der Waals surface area contributed by atoms with Crippen molar-refractivity contribution >= 4 is 5.96 Å². The number of benzene rings is 1. The number of likely N-dealkylation sites (tertiary alicyclic amines) is 1. The fourth-order valence-electron chi connectivity index (χ4n) is 3.56. The molecule has 0 aliphatic carbocycles. The molecule has 7 nitrogen and oxygen atoms in total. The van der Waals surface area contributed by atoms with Crippen molar-refractivity contribution < 1.29 is 14.2 Å². The van der Waals surface area contributed by atoms with Gasteiger partial charge in [0, 0.05) is 32.8 Å². The zero-order valence-electron chi connectivity index (χ0n) is 16.5. The molecule has 0 amide bonds. The van der Waals surface area contributed by atoms with E-state index < -0.39 is 0 Å². The van der Waals surface area contributed by atoms with Crippen molar-refractivity contribution in [2.45, 2.75) is 32.2 Å². The largest absolute Gasteiger partial charge is 0.454 e. The van der Waals surface area contributed by atoms with Gasteiger partial charge in [-0.05, 0) is 50.4 Å². The predicted octanol–water partition coefficient (Wildman–Crippen LogP) is 1.62. The molecule has 0 radical (unpaired) electrons. The molecule has 150 valence electrons. The third-order valence-electron chi connectivity index (χ3n) is 5.03. The van der Waals surface area contributed by atoms with Crippen LogP contribution in [0, 0.1) is 0 Å². The molecule has 1 fully saturated rings. The summed E-state index contributed by atoms with van der Waals surface area (Å²) < 4.78 is 16.0. The number of nitrogens with one attached hydrogen (secondary N) is 2. The van der Waals surface area contributed by atoms with Crippen molar-refractivity contribution in [3.05, 3.63) is 23.8 Å². The average molecular weight is 377 g/mol. The Kier molecular flexibility index (Phi) is 7.59. The Morgan fingerprint density at radius 2 is 2.19 bits per heavy atom. The van der Waals surface area contributed by atoms with Gasteiger partial charge in [-0.2, -0.15) is 0 Å². The molecule has 27 heavy (non-hydrogen) atoms. The molecular formula is C20H32N4O3. The Bertz CT molecular complexity index is 623. The highest BCUT2D eigenvalue weighted by atomic mass is 16.7. The van der Waals surface area contributed by atoms with Gasteiger partial charge in [0.25, 0.3) is 0 Å². The minimum Gasteiger partial charge on any atom is -0.454 e. The van der Waals surface area contributed by atoms with Gasteiger partial charge >= 0.3 is 0 Å². The first-order chi connectivity index (χ1) is 13.3. The predicted molar refractivity (Wildman–Crippen MR) is 107 cm³/mol. The highest BCUT2D eigenvalue weighted by Crippen LogP contribution is 2.32. The number of rotatable bonds is 9. The van der Waals surface area contributed by atoms with Crippen LogP contribution < -0.4 is 20.1 Å². The maximum Gasteiger partial charge on any atom is 0.231 e. The van der Waals surface area contributed by atoms with E-state index in [1.54, 1.807) is 7.11 Å². The lowest BCUT2D eigenvalue weighted by Gasteiger charge is -2.23. The van der Waals surface area contributed by atoms with Crippen molar-refractivity contribution in [3.8, 4) is 11.5 Å². The van der Waals surface area contributed by atoms with Gasteiger partial charge in [-0.3, -0.25) is 9.89 Å². The highest BCUT2D eigenvalue weighted by molar-refractivity contribution is 5.79. The molecule has 7 heteroatoms. The van der Waals surface area contributed by atoms with Crippen LogP contribution in [0.25, 0.3) is 0 Å². The molecule has 1 atom stereocenters. The van der Waals surface area contributed by atoms with E-state index in [2.05, 4.69) is 34.6 Å². The van der Waals surface area contributed by atoms with E-state index in [9.17, 15) is 0 Å². The van der Waals surface area contributed by atoms with E-state index in [0.717, 1.165) is 63.2 Å². The zero-order valence-corrected chi connectivity index (χ0v) is 16.5. The van der Waals surface area contributed by atoms with Crippen molar-refractivity contribution in [1.29, 1.82) is 0 Å². The Morgan fingerprint density at radius 1 is 1.30 bits per heavy atom. The number of methoxy groups -OCH3 is 1. The van der Waals surface area contributed by atoms with Gasteiger partial charge < -0.3 is 24.8 Å². The molecule has 0 aromatic heterocycles. The van der Waals surface area contributed by atoms with Crippen molar-refractivity contribution in [3.63, 3.8) is 0 Å². The summed E-state index contributed by atoms with van der Waals surface area (Å²) in [6, 6.07) is 6.64. The lowest BCUT2D eigenvalue weighted by Crippen LogP contribution is -2.40. The second-order valence-corrected chi connectivity index (χ2v) is 6.91. The molecule has 0 spiro atoms. The molecule has 2 aliphatic heterocycles. The fraction of sp³-hybridized carbons (Fsp3) is 0.650. The number of aliphatic imine (C=N–C) groups is 1. The molecule has 2 heterocycles. The van der Waals surface area contributed by atoms with E-state index in [0.29, 0.717) is 12.8 Å². The van der Waals surface area contributed by atoms with E-state index in [4.69, 9.17) is 19.2 Å². The lowest BCUT2D eigenvalue weighted by atomic mass is 10.1. The minimum atomic E-state index is 0.316. The summed E-state index contributed by atoms with van der Waals surface area (Å²) in [5.74, 6) is 2.55. The summed E-state index contributed by atoms with van der Waals surface area (Å²) in [7, 11) is 1.76. The van der Waals surface area contributed by atoms with Crippen molar-refractivity contribution in [1.82, 2.24) is 15.5 Å². The third kappa shape index (κ3) is 5.74. The van der Waals surface area contributed by atoms with Gasteiger partial charge in [-0.25, -0.2) is 0 Å². The second kappa shape index (κ2) is 10.4. The summed E-state index contributed by atoms with van der Waals surface area (Å²) in [5, 5.41) is 6.79. The quantitative estimate of drug-likeness (QED) is 0.504. The molecule has 1 unspecified atom stereocenters. The van der Waals surface area contributed by atoms with Gasteiger partial charge in [-0.15, -0.1) is 0 Å². The van der Waals surface area contributed by atoms with Crippen LogP contribution in [0.1, 0.15) is 25.3 Å². The van der Waals surface area contributed by atoms with Crippen molar-refractivity contribution in [2.24, 2.45) is 4.99 Å². The van der Waals surface area contributed by atoms with Gasteiger partial charge in [0.15, 0.2) is 17.5 Å². The third-order valence-corrected chi connectivity index (χ3v) is 5.03. The summed E-state index contributed by atoms with van der Waals surface area (Å²) in [6.07, 6.45) is 3.37. The molecule has 1 aromatic carbocycles. The molecule has 1 saturated heterocycles. The maximum absolute atomic E-state index is 5.45. The first kappa shape index (κ1) is 19.8. The molecule has 1 aromatic rings. The molecule has 0 saturated carbocycles. The van der Waals surface area contributed by atoms with Crippen LogP contribution >= 0.6 is 0 Å². The van der Waals surface area contributed by atoms with Crippen LogP contribution in [0.4, 0.5) is 0 Å². The monoisotopic (exact) mass is 376 g/mol. The number of ether oxygens (including phenoxy) is 3. The summed E-state index contributed by atoms with van der Waals surface area (Å²) in [4.78, 5) is 7.30. The summed E-state index contributed by atoms with van der Waals surface area (Å²) in [5.41, 5.74) is 1.23. The zero-order chi connectivity index (χ0) is 18.9. The van der Waals surface area contributed by atoms with Crippen LogP contribution in [0.5, 0.6) is 11.5 Å². The van der Waals surface area contributed by atoms with E-state index in [1.165, 1.54) is 18.4 Å². The summed E-state index contributed by atoms with van der Waals surface area (Å²) in [6.45, 7) is 7.84. The topological polar surface area (TPSA) is 67.4 Å². The maximum atomic E-state index is 5.45. The lowest BCUT2D eigenvalue weighted by molar-refractivity contribution is 0.142. The number of guanidine groups is 1. The van der Waals surface area contributed by atoms with Crippen LogP contribution in [0.3, 0.4) is 0 Å². The Morgan fingerprint density at radius 3 is 3.04 bits per heavy atom. The fourth-order valence-corrected chi connectivity index (χ4v) is 3.56. The van der Waals surface area contributed by atoms with Crippen LogP contribution in [0.2, 0.25) is 0 Å². The Balaban J connectivity index is 1.47. The van der Waals surface area contributed by atoms with Crippen LogP contribution in [-0.2, 0) is 11.2 Å². The smallest absolute Gasteiger partial charge is 0.231 e. The molecule has 0 bridgehead atoms. The van der Waals surface area contributed by atoms with E-state index in [-0.39, 0.29) is 0 Å². The van der Waals surface area contributed by atoms with E-state index in [1.807, 2.05) is 6.07 Å². The van der Waals surface area contributed by atoms with Gasteiger partial charge in [0.1, 0.15) is 0 Å². The molecule has 2 N–H and O–H groups in total. The first-order valence-electron chi connectivity index (χ1n) is 9.94. The van der Waals surface area contributed by atoms with Gasteiger partial charge in [0.2, 0.25) is 6.79 Å². The first-order valence-corrected chi connectivity index (χ1v) is 9.94. The molecular weight excluding hydrogens is 344 g/mol. The number of fused-ring (bicyclic) bond motifs is 1. The van der Waals surface area contributed by atoms with E-state index >= 15 is 0 Å². The Hall–Kier alpha value is -1.99. The number of nitrogens with zero attached hydrogens (tertiary/aromatic N) is 2. The van der Waals surface area contributed by atoms with Crippen molar-refractivity contribution in [2.75, 3.05) is 53.2 Å². The highest BCUT2D eigenvalue weighted by Gasteiger charge is 2.23. The summed E-state index contributed by atoms with van der Waals surface area (Å²) >= 11 is 0. The standard InChI is InChI=1S/C20H32N4O3/c1-3-21-20(23-14-17-5-4-10-24(17)11-12-25-2)22-9-8-16-6-7-18-19(13-16)27-15-26-18/h6-7,13,17H,3-5,8-12,14-15H2,1-2H3,(H2,21,22,23). The normalized spacial score (nSPS) is 19.5. The number of hydrogen-bond donors (Lipinski definition) is 2. The Labute approximate surface area is 162 Å². The van der Waals surface area contributed by atoms with Crippen LogP contribution in [0.15, 0.2) is 23.2 Å². The number of hydrogen-bond acceptors (Lipinski definition) is 5. The molecule has 2 aliphatic rings. The van der Waals surface area contributed by atoms with Gasteiger partial charge in [0.05, 0.1) is 13.2 Å². The SMILES string of the molecule is CCNC(=NCC1CCCN1CCOC)NCCc1ccc2c(c1)OCO2. The minimum absolute atomic E-state index is 0.316. The average Bonchev–Trinajstić information content (AvgIpc) is 3.33. The van der Waals surface area contributed by atoms with Gasteiger partial charge in [-0.1, -0.05) is 6.07 Å². The van der Waals surface area contributed by atoms with Crippen LogP contribution in [-0.4, -0.2) is 70.1 Å².